The Labute approximate surface area is 81.9 Å². The van der Waals surface area contributed by atoms with Crippen molar-refractivity contribution in [3.8, 4) is 0 Å². The number of nitrogens with zero attached hydrogens (tertiary/aromatic N) is 2. The third-order valence-corrected chi connectivity index (χ3v) is 1.66. The van der Waals surface area contributed by atoms with E-state index in [2.05, 4.69) is 14.9 Å². The fourth-order valence-electron chi connectivity index (χ4n) is 1.00. The lowest BCUT2D eigenvalue weighted by molar-refractivity contribution is 0.101. The maximum atomic E-state index is 10.9. The van der Waals surface area contributed by atoms with E-state index in [4.69, 9.17) is 0 Å². The second-order valence-electron chi connectivity index (χ2n) is 2.52. The molecule has 4 heteroatoms. The maximum Gasteiger partial charge on any atom is 0.159 e. The Hall–Kier alpha value is -1.71. The summed E-state index contributed by atoms with van der Waals surface area (Å²) in [5.41, 5.74) is 1.90. The Morgan fingerprint density at radius 1 is 1.21 bits per heavy atom. The molecule has 1 heterocycles. The molecule has 74 valence electrons. The van der Waals surface area contributed by atoms with Crippen LogP contribution < -0.4 is 0 Å². The second kappa shape index (κ2) is 4.50. The van der Waals surface area contributed by atoms with E-state index in [9.17, 15) is 4.79 Å². The number of hydrogen-bond acceptors (Lipinski definition) is 4. The number of carbonyl (C=O) groups is 1. The van der Waals surface area contributed by atoms with Crippen LogP contribution in [0.3, 0.4) is 0 Å². The zero-order valence-corrected chi connectivity index (χ0v) is 8.44. The molecule has 0 aliphatic heterocycles. The van der Waals surface area contributed by atoms with Gasteiger partial charge in [0.15, 0.2) is 5.78 Å². The summed E-state index contributed by atoms with van der Waals surface area (Å²) >= 11 is 0. The van der Waals surface area contributed by atoms with Gasteiger partial charge in [-0.3, -0.25) is 4.79 Å². The minimum absolute atomic E-state index is 0.0138. The Morgan fingerprint density at radius 3 is 2.50 bits per heavy atom. The lowest BCUT2D eigenvalue weighted by Crippen LogP contribution is -1.90. The van der Waals surface area contributed by atoms with Gasteiger partial charge in [0.05, 0.1) is 0 Å². The average molecular weight is 192 g/mol. The van der Waals surface area contributed by atoms with Gasteiger partial charge >= 0.3 is 0 Å². The van der Waals surface area contributed by atoms with Gasteiger partial charge in [0.25, 0.3) is 0 Å². The first-order valence-corrected chi connectivity index (χ1v) is 4.50. The quantitative estimate of drug-likeness (QED) is 0.651. The SMILES string of the molecule is CC.CC(=O)c1ccc2nonc2c1. The molecule has 0 fully saturated rings. The number of carbonyl (C=O) groups excluding carboxylic acids is 1. The van der Waals surface area contributed by atoms with E-state index in [1.54, 1.807) is 18.2 Å². The first kappa shape index (κ1) is 10.4. The van der Waals surface area contributed by atoms with E-state index in [1.165, 1.54) is 6.92 Å². The number of aromatic nitrogens is 2. The summed E-state index contributed by atoms with van der Waals surface area (Å²) in [4.78, 5) is 10.9. The van der Waals surface area contributed by atoms with Crippen molar-refractivity contribution in [3.63, 3.8) is 0 Å². The number of ketones is 1. The van der Waals surface area contributed by atoms with Crippen molar-refractivity contribution in [1.29, 1.82) is 0 Å². The molecule has 0 radical (unpaired) electrons. The summed E-state index contributed by atoms with van der Waals surface area (Å²) in [5, 5.41) is 7.25. The molecule has 0 atom stereocenters. The second-order valence-corrected chi connectivity index (χ2v) is 2.52. The van der Waals surface area contributed by atoms with Gasteiger partial charge in [-0.15, -0.1) is 0 Å². The normalized spacial score (nSPS) is 9.36. The van der Waals surface area contributed by atoms with Gasteiger partial charge in [0.1, 0.15) is 11.0 Å². The number of fused-ring (bicyclic) bond motifs is 1. The summed E-state index contributed by atoms with van der Waals surface area (Å²) in [7, 11) is 0. The van der Waals surface area contributed by atoms with Gasteiger partial charge in [0.2, 0.25) is 0 Å². The molecule has 4 nitrogen and oxygen atoms in total. The highest BCUT2D eigenvalue weighted by Crippen LogP contribution is 2.11. The van der Waals surface area contributed by atoms with Crippen molar-refractivity contribution >= 4 is 16.8 Å². The lowest BCUT2D eigenvalue weighted by Gasteiger charge is -1.91. The van der Waals surface area contributed by atoms with Crippen LogP contribution in [-0.2, 0) is 0 Å². The number of Topliss-reactive ketones (excluding diaryl/α,β-unsaturated/α-hetero) is 1. The summed E-state index contributed by atoms with van der Waals surface area (Å²) < 4.78 is 4.49. The molecule has 0 aliphatic rings. The zero-order chi connectivity index (χ0) is 10.6. The third kappa shape index (κ3) is 1.96. The van der Waals surface area contributed by atoms with Gasteiger partial charge in [-0.25, -0.2) is 4.63 Å². The predicted octanol–water partition coefficient (Wildman–Crippen LogP) is 2.45. The Balaban J connectivity index is 0.000000461. The van der Waals surface area contributed by atoms with Crippen LogP contribution in [0.4, 0.5) is 0 Å². The van der Waals surface area contributed by atoms with E-state index in [0.717, 1.165) is 0 Å². The lowest BCUT2D eigenvalue weighted by atomic mass is 10.1. The molecule has 0 saturated heterocycles. The maximum absolute atomic E-state index is 10.9. The van der Waals surface area contributed by atoms with Crippen LogP contribution in [0.2, 0.25) is 0 Å². The molecule has 0 N–H and O–H groups in total. The summed E-state index contributed by atoms with van der Waals surface area (Å²) in [6, 6.07) is 5.08. The van der Waals surface area contributed by atoms with E-state index in [-0.39, 0.29) is 5.78 Å². The highest BCUT2D eigenvalue weighted by Gasteiger charge is 2.03. The summed E-state index contributed by atoms with van der Waals surface area (Å²) in [6.45, 7) is 5.51. The van der Waals surface area contributed by atoms with Gasteiger partial charge < -0.3 is 0 Å². The van der Waals surface area contributed by atoms with Crippen LogP contribution in [-0.4, -0.2) is 16.1 Å². The van der Waals surface area contributed by atoms with Gasteiger partial charge in [-0.1, -0.05) is 13.8 Å². The van der Waals surface area contributed by atoms with Crippen molar-refractivity contribution in [2.75, 3.05) is 0 Å². The summed E-state index contributed by atoms with van der Waals surface area (Å²) in [6.07, 6.45) is 0. The molecule has 1 aromatic carbocycles. The van der Waals surface area contributed by atoms with Crippen LogP contribution in [0.25, 0.3) is 11.0 Å². The Kier molecular flexibility index (Phi) is 3.34. The monoisotopic (exact) mass is 192 g/mol. The molecule has 2 aromatic rings. The van der Waals surface area contributed by atoms with Gasteiger partial charge in [0, 0.05) is 5.56 Å². The Morgan fingerprint density at radius 2 is 1.86 bits per heavy atom. The van der Waals surface area contributed by atoms with Crippen LogP contribution in [0.1, 0.15) is 31.1 Å². The van der Waals surface area contributed by atoms with Crippen molar-refractivity contribution < 1.29 is 9.42 Å². The third-order valence-electron chi connectivity index (χ3n) is 1.66. The van der Waals surface area contributed by atoms with Crippen LogP contribution >= 0.6 is 0 Å². The molecular weight excluding hydrogens is 180 g/mol. The molecule has 0 amide bonds. The molecular formula is C10H12N2O2. The summed E-state index contributed by atoms with van der Waals surface area (Å²) in [5.74, 6) is 0.0138. The standard InChI is InChI=1S/C8H6N2O2.C2H6/c1-5(11)6-2-3-7-8(4-6)10-12-9-7;1-2/h2-4H,1H3;1-2H3. The minimum Gasteiger partial charge on any atom is -0.295 e. The molecule has 2 rings (SSSR count). The molecule has 0 spiro atoms. The molecule has 0 unspecified atom stereocenters. The minimum atomic E-state index is 0.0138. The molecule has 1 aromatic heterocycles. The fourth-order valence-corrected chi connectivity index (χ4v) is 1.00. The Bertz CT molecular complexity index is 434. The molecule has 0 aliphatic carbocycles. The number of benzene rings is 1. The van der Waals surface area contributed by atoms with E-state index in [1.807, 2.05) is 13.8 Å². The molecule has 0 saturated carbocycles. The van der Waals surface area contributed by atoms with Crippen LogP contribution in [0.5, 0.6) is 0 Å². The number of rotatable bonds is 1. The van der Waals surface area contributed by atoms with E-state index < -0.39 is 0 Å². The van der Waals surface area contributed by atoms with E-state index >= 15 is 0 Å². The van der Waals surface area contributed by atoms with Crippen LogP contribution in [0.15, 0.2) is 22.8 Å². The van der Waals surface area contributed by atoms with Crippen LogP contribution in [0, 0.1) is 0 Å². The molecule has 0 bridgehead atoms. The zero-order valence-electron chi connectivity index (χ0n) is 8.44. The van der Waals surface area contributed by atoms with Crippen molar-refractivity contribution in [3.05, 3.63) is 23.8 Å². The van der Waals surface area contributed by atoms with Gasteiger partial charge in [-0.2, -0.15) is 0 Å². The topological polar surface area (TPSA) is 56.0 Å². The first-order chi connectivity index (χ1) is 6.77. The highest BCUT2D eigenvalue weighted by molar-refractivity contribution is 5.96. The molecule has 14 heavy (non-hydrogen) atoms. The first-order valence-electron chi connectivity index (χ1n) is 4.50. The van der Waals surface area contributed by atoms with Crippen molar-refractivity contribution in [1.82, 2.24) is 10.3 Å². The fraction of sp³-hybridized carbons (Fsp3) is 0.300. The van der Waals surface area contributed by atoms with Gasteiger partial charge in [-0.05, 0) is 35.4 Å². The average Bonchev–Trinajstić information content (AvgIpc) is 2.67. The smallest absolute Gasteiger partial charge is 0.159 e. The predicted molar refractivity (Wildman–Crippen MR) is 53.2 cm³/mol. The largest absolute Gasteiger partial charge is 0.295 e. The van der Waals surface area contributed by atoms with E-state index in [0.29, 0.717) is 16.6 Å². The highest BCUT2D eigenvalue weighted by atomic mass is 16.6. The van der Waals surface area contributed by atoms with Crippen molar-refractivity contribution in [2.24, 2.45) is 0 Å². The number of hydrogen-bond donors (Lipinski definition) is 0. The van der Waals surface area contributed by atoms with Crippen molar-refractivity contribution in [2.45, 2.75) is 20.8 Å².